The lowest BCUT2D eigenvalue weighted by atomic mass is 10.1. The number of hydrogen-bond donors (Lipinski definition) is 2. The monoisotopic (exact) mass is 432 g/mol. The van der Waals surface area contributed by atoms with Crippen molar-refractivity contribution in [2.45, 2.75) is 54.4 Å². The molecule has 1 heterocycles. The van der Waals surface area contributed by atoms with E-state index in [2.05, 4.69) is 10.6 Å². The first-order chi connectivity index (χ1) is 13.6. The molecule has 0 aromatic heterocycles. The number of amides is 2. The number of carbonyl (C=O) groups excluding carboxylic acids is 2. The topological polar surface area (TPSA) is 92.3 Å². The van der Waals surface area contributed by atoms with Crippen molar-refractivity contribution in [3.63, 3.8) is 0 Å². The summed E-state index contributed by atoms with van der Waals surface area (Å²) in [6.45, 7) is 7.18. The molecule has 2 aromatic rings. The molecule has 2 N–H and O–H groups in total. The number of nitrogens with one attached hydrogen (secondary N) is 2. The predicted octanol–water partition coefficient (Wildman–Crippen LogP) is 3.93. The maximum atomic E-state index is 13.0. The second-order valence-corrected chi connectivity index (χ2v) is 11.0. The van der Waals surface area contributed by atoms with Crippen molar-refractivity contribution in [2.24, 2.45) is 0 Å². The fourth-order valence-corrected chi connectivity index (χ4v) is 5.36. The lowest BCUT2D eigenvalue weighted by molar-refractivity contribution is -0.116. The number of aryl methyl sites for hydroxylation is 1. The summed E-state index contributed by atoms with van der Waals surface area (Å²) < 4.78 is 25.9. The SMILES string of the molecule is Cc1cccc(NC(=O)CC(C)S(=O)(=O)c2ccc3c(c2)NC(=O)C(C)S3)c1C. The van der Waals surface area contributed by atoms with Crippen LogP contribution < -0.4 is 10.6 Å². The van der Waals surface area contributed by atoms with Crippen molar-refractivity contribution in [1.29, 1.82) is 0 Å². The summed E-state index contributed by atoms with van der Waals surface area (Å²) in [6, 6.07) is 10.3. The highest BCUT2D eigenvalue weighted by atomic mass is 32.2. The van der Waals surface area contributed by atoms with Crippen molar-refractivity contribution >= 4 is 44.8 Å². The molecule has 6 nitrogen and oxygen atoms in total. The van der Waals surface area contributed by atoms with Crippen LogP contribution in [0.4, 0.5) is 11.4 Å². The minimum absolute atomic E-state index is 0.0961. The fraction of sp³-hybridized carbons (Fsp3) is 0.333. The molecule has 29 heavy (non-hydrogen) atoms. The number of hydrogen-bond acceptors (Lipinski definition) is 5. The summed E-state index contributed by atoms with van der Waals surface area (Å²) in [4.78, 5) is 25.3. The standard InChI is InChI=1S/C21H24N2O4S2/c1-12-6-5-7-17(14(12)3)22-20(24)10-13(2)29(26,27)16-8-9-19-18(11-16)23-21(25)15(4)28-19/h5-9,11,13,15H,10H2,1-4H3,(H,22,24)(H,23,25). The number of sulfone groups is 1. The van der Waals surface area contributed by atoms with Crippen LogP contribution in [0.5, 0.6) is 0 Å². The molecule has 0 radical (unpaired) electrons. The van der Waals surface area contributed by atoms with Gasteiger partial charge in [0.15, 0.2) is 9.84 Å². The van der Waals surface area contributed by atoms with Gasteiger partial charge in [-0.3, -0.25) is 9.59 Å². The van der Waals surface area contributed by atoms with E-state index in [0.29, 0.717) is 11.4 Å². The number of rotatable bonds is 5. The second kappa shape index (κ2) is 8.20. The van der Waals surface area contributed by atoms with E-state index < -0.39 is 15.1 Å². The minimum atomic E-state index is -3.73. The maximum Gasteiger partial charge on any atom is 0.237 e. The van der Waals surface area contributed by atoms with Crippen LogP contribution in [0.1, 0.15) is 31.4 Å². The molecule has 154 valence electrons. The number of carbonyl (C=O) groups is 2. The Bertz CT molecular complexity index is 1080. The molecule has 8 heteroatoms. The third-order valence-corrected chi connectivity index (χ3v) is 8.41. The molecule has 1 aliphatic rings. The van der Waals surface area contributed by atoms with Crippen molar-refractivity contribution in [3.05, 3.63) is 47.5 Å². The van der Waals surface area contributed by atoms with Crippen LogP contribution in [0.3, 0.4) is 0 Å². The Labute approximate surface area is 175 Å². The van der Waals surface area contributed by atoms with Gasteiger partial charge in [0, 0.05) is 17.0 Å². The van der Waals surface area contributed by atoms with Gasteiger partial charge in [0.1, 0.15) is 0 Å². The third-order valence-electron chi connectivity index (χ3n) is 5.09. The molecule has 0 aliphatic carbocycles. The van der Waals surface area contributed by atoms with Crippen LogP contribution in [0.2, 0.25) is 0 Å². The van der Waals surface area contributed by atoms with Crippen LogP contribution in [0, 0.1) is 13.8 Å². The lowest BCUT2D eigenvalue weighted by Crippen LogP contribution is -2.27. The summed E-state index contributed by atoms with van der Waals surface area (Å²) in [5.74, 6) is -0.511. The van der Waals surface area contributed by atoms with Gasteiger partial charge in [-0.05, 0) is 63.1 Å². The molecule has 0 saturated heterocycles. The number of anilines is 2. The molecular weight excluding hydrogens is 408 g/mol. The van der Waals surface area contributed by atoms with Gasteiger partial charge in [0.05, 0.1) is 21.1 Å². The number of fused-ring (bicyclic) bond motifs is 1. The van der Waals surface area contributed by atoms with Gasteiger partial charge < -0.3 is 10.6 Å². The maximum absolute atomic E-state index is 13.0. The summed E-state index contributed by atoms with van der Waals surface area (Å²) in [5, 5.41) is 4.41. The van der Waals surface area contributed by atoms with E-state index >= 15 is 0 Å². The zero-order chi connectivity index (χ0) is 21.3. The van der Waals surface area contributed by atoms with Gasteiger partial charge in [-0.2, -0.15) is 0 Å². The third kappa shape index (κ3) is 4.48. The minimum Gasteiger partial charge on any atom is -0.326 e. The summed E-state index contributed by atoms with van der Waals surface area (Å²) in [6.07, 6.45) is -0.162. The van der Waals surface area contributed by atoms with Gasteiger partial charge in [0.25, 0.3) is 0 Å². The average molecular weight is 433 g/mol. The van der Waals surface area contributed by atoms with E-state index in [4.69, 9.17) is 0 Å². The Morgan fingerprint density at radius 2 is 1.97 bits per heavy atom. The van der Waals surface area contributed by atoms with Gasteiger partial charge >= 0.3 is 0 Å². The summed E-state index contributed by atoms with van der Waals surface area (Å²) in [5.41, 5.74) is 3.17. The van der Waals surface area contributed by atoms with Crippen LogP contribution in [0.15, 0.2) is 46.2 Å². The molecule has 2 unspecified atom stereocenters. The van der Waals surface area contributed by atoms with E-state index in [1.165, 1.54) is 30.8 Å². The van der Waals surface area contributed by atoms with E-state index in [-0.39, 0.29) is 28.4 Å². The first-order valence-corrected chi connectivity index (χ1v) is 11.7. The number of thioether (sulfide) groups is 1. The smallest absolute Gasteiger partial charge is 0.237 e. The molecule has 0 fully saturated rings. The van der Waals surface area contributed by atoms with Crippen molar-refractivity contribution in [1.82, 2.24) is 0 Å². The van der Waals surface area contributed by atoms with Gasteiger partial charge in [-0.25, -0.2) is 8.42 Å². The van der Waals surface area contributed by atoms with Crippen molar-refractivity contribution < 1.29 is 18.0 Å². The summed E-state index contributed by atoms with van der Waals surface area (Å²) in [7, 11) is -3.73. The number of benzene rings is 2. The quantitative estimate of drug-likeness (QED) is 0.747. The summed E-state index contributed by atoms with van der Waals surface area (Å²) >= 11 is 1.39. The largest absolute Gasteiger partial charge is 0.326 e. The highest BCUT2D eigenvalue weighted by molar-refractivity contribution is 8.01. The molecule has 0 saturated carbocycles. The Morgan fingerprint density at radius 1 is 1.24 bits per heavy atom. The van der Waals surface area contributed by atoms with Crippen LogP contribution >= 0.6 is 11.8 Å². The normalized spacial score (nSPS) is 17.2. The van der Waals surface area contributed by atoms with Crippen LogP contribution in [-0.2, 0) is 19.4 Å². The first-order valence-electron chi connectivity index (χ1n) is 9.31. The van der Waals surface area contributed by atoms with Gasteiger partial charge in [-0.1, -0.05) is 12.1 Å². The molecule has 1 aliphatic heterocycles. The van der Waals surface area contributed by atoms with E-state index in [1.807, 2.05) is 26.0 Å². The van der Waals surface area contributed by atoms with E-state index in [1.54, 1.807) is 19.1 Å². The molecule has 0 bridgehead atoms. The lowest BCUT2D eigenvalue weighted by Gasteiger charge is -2.22. The zero-order valence-electron chi connectivity index (χ0n) is 16.8. The van der Waals surface area contributed by atoms with Crippen molar-refractivity contribution in [3.8, 4) is 0 Å². The average Bonchev–Trinajstić information content (AvgIpc) is 2.66. The zero-order valence-corrected chi connectivity index (χ0v) is 18.4. The molecule has 2 aromatic carbocycles. The fourth-order valence-electron chi connectivity index (χ4n) is 3.06. The highest BCUT2D eigenvalue weighted by Gasteiger charge is 2.29. The molecular formula is C21H24N2O4S2. The molecule has 3 rings (SSSR count). The molecule has 0 spiro atoms. The van der Waals surface area contributed by atoms with E-state index in [0.717, 1.165) is 16.0 Å². The van der Waals surface area contributed by atoms with Gasteiger partial charge in [0.2, 0.25) is 11.8 Å². The predicted molar refractivity (Wildman–Crippen MR) is 116 cm³/mol. The Hall–Kier alpha value is -2.32. The Morgan fingerprint density at radius 3 is 2.69 bits per heavy atom. The van der Waals surface area contributed by atoms with Crippen molar-refractivity contribution in [2.75, 3.05) is 10.6 Å². The molecule has 2 atom stereocenters. The van der Waals surface area contributed by atoms with E-state index in [9.17, 15) is 18.0 Å². The first kappa shape index (κ1) is 21.4. The van der Waals surface area contributed by atoms with Crippen LogP contribution in [-0.4, -0.2) is 30.7 Å². The van der Waals surface area contributed by atoms with Crippen LogP contribution in [0.25, 0.3) is 0 Å². The molecule has 2 amide bonds. The Balaban J connectivity index is 1.75. The van der Waals surface area contributed by atoms with Gasteiger partial charge in [-0.15, -0.1) is 11.8 Å². The second-order valence-electron chi connectivity index (χ2n) is 7.26. The highest BCUT2D eigenvalue weighted by Crippen LogP contribution is 2.37. The Kier molecular flexibility index (Phi) is 6.05.